The molecule has 14 heavy (non-hydrogen) atoms. The van der Waals surface area contributed by atoms with Gasteiger partial charge in [-0.05, 0) is 31.6 Å². The Kier molecular flexibility index (Phi) is 3.47. The Morgan fingerprint density at radius 2 is 2.07 bits per heavy atom. The molecule has 0 bridgehead atoms. The van der Waals surface area contributed by atoms with E-state index in [-0.39, 0.29) is 0 Å². The Morgan fingerprint density at radius 1 is 1.43 bits per heavy atom. The molecule has 0 unspecified atom stereocenters. The number of nitrogens with zero attached hydrogens (tertiary/aromatic N) is 2. The number of pyridine rings is 1. The van der Waals surface area contributed by atoms with Gasteiger partial charge in [0.2, 0.25) is 0 Å². The largest absolute Gasteiger partial charge is 0.383 e. The van der Waals surface area contributed by atoms with Gasteiger partial charge in [-0.1, -0.05) is 13.8 Å². The highest BCUT2D eigenvalue weighted by atomic mass is 15.1. The Balaban J connectivity index is 2.96. The third kappa shape index (κ3) is 2.70. The van der Waals surface area contributed by atoms with E-state index in [1.807, 2.05) is 20.3 Å². The van der Waals surface area contributed by atoms with Gasteiger partial charge in [0.25, 0.3) is 0 Å². The molecule has 3 heteroatoms. The van der Waals surface area contributed by atoms with Crippen molar-refractivity contribution in [3.63, 3.8) is 0 Å². The summed E-state index contributed by atoms with van der Waals surface area (Å²) < 4.78 is 0. The van der Waals surface area contributed by atoms with E-state index < -0.39 is 0 Å². The summed E-state index contributed by atoms with van der Waals surface area (Å²) in [6, 6.07) is 2.15. The summed E-state index contributed by atoms with van der Waals surface area (Å²) in [5.74, 6) is 1.15. The molecule has 0 atom stereocenters. The topological polar surface area (TPSA) is 42.1 Å². The van der Waals surface area contributed by atoms with Crippen LogP contribution in [0.25, 0.3) is 0 Å². The number of anilines is 1. The first-order chi connectivity index (χ1) is 6.50. The third-order valence-electron chi connectivity index (χ3n) is 2.18. The molecule has 3 nitrogen and oxygen atoms in total. The molecule has 0 spiro atoms. The van der Waals surface area contributed by atoms with Gasteiger partial charge in [-0.25, -0.2) is 4.98 Å². The minimum absolute atomic E-state index is 0.504. The van der Waals surface area contributed by atoms with Crippen molar-refractivity contribution in [2.75, 3.05) is 19.8 Å². The Hall–Kier alpha value is -1.09. The Morgan fingerprint density at radius 3 is 2.57 bits per heavy atom. The van der Waals surface area contributed by atoms with Gasteiger partial charge in [0.05, 0.1) is 0 Å². The first kappa shape index (κ1) is 11.0. The van der Waals surface area contributed by atoms with E-state index in [0.717, 1.165) is 12.1 Å². The zero-order valence-electron chi connectivity index (χ0n) is 9.41. The van der Waals surface area contributed by atoms with Crippen molar-refractivity contribution < 1.29 is 0 Å². The zero-order chi connectivity index (χ0) is 10.7. The highest BCUT2D eigenvalue weighted by Gasteiger charge is 2.06. The maximum absolute atomic E-state index is 5.80. The van der Waals surface area contributed by atoms with Crippen molar-refractivity contribution in [3.05, 3.63) is 23.4 Å². The number of nitrogen functional groups attached to an aromatic ring is 1. The minimum atomic E-state index is 0.504. The van der Waals surface area contributed by atoms with Crippen LogP contribution < -0.4 is 5.73 Å². The van der Waals surface area contributed by atoms with Crippen molar-refractivity contribution in [1.29, 1.82) is 0 Å². The lowest BCUT2D eigenvalue weighted by Gasteiger charge is -2.13. The summed E-state index contributed by atoms with van der Waals surface area (Å²) in [5, 5.41) is 0. The van der Waals surface area contributed by atoms with Crippen molar-refractivity contribution in [2.45, 2.75) is 26.3 Å². The van der Waals surface area contributed by atoms with Crippen LogP contribution in [0.3, 0.4) is 0 Å². The van der Waals surface area contributed by atoms with E-state index in [1.165, 1.54) is 5.56 Å². The smallest absolute Gasteiger partial charge is 0.127 e. The fourth-order valence-electron chi connectivity index (χ4n) is 1.32. The summed E-state index contributed by atoms with van der Waals surface area (Å²) in [5.41, 5.74) is 8.16. The lowest BCUT2D eigenvalue weighted by atomic mass is 10.0. The predicted octanol–water partition coefficient (Wildman–Crippen LogP) is 1.85. The molecule has 0 amide bonds. The van der Waals surface area contributed by atoms with Crippen molar-refractivity contribution >= 4 is 5.82 Å². The highest BCUT2D eigenvalue weighted by Crippen LogP contribution is 2.18. The van der Waals surface area contributed by atoms with Crippen LogP contribution in [0.5, 0.6) is 0 Å². The van der Waals surface area contributed by atoms with Gasteiger partial charge in [0, 0.05) is 18.3 Å². The summed E-state index contributed by atoms with van der Waals surface area (Å²) in [4.78, 5) is 6.30. The molecular formula is C11H19N3. The molecule has 1 aromatic heterocycles. The first-order valence-corrected chi connectivity index (χ1v) is 4.89. The Bertz CT molecular complexity index is 305. The zero-order valence-corrected chi connectivity index (χ0v) is 9.41. The molecule has 0 aliphatic rings. The fourth-order valence-corrected chi connectivity index (χ4v) is 1.32. The molecule has 0 aliphatic heterocycles. The molecule has 1 rings (SSSR count). The van der Waals surface area contributed by atoms with Crippen LogP contribution in [0.1, 0.15) is 30.9 Å². The van der Waals surface area contributed by atoms with Gasteiger partial charge in [-0.15, -0.1) is 0 Å². The number of hydrogen-bond acceptors (Lipinski definition) is 3. The minimum Gasteiger partial charge on any atom is -0.383 e. The van der Waals surface area contributed by atoms with Gasteiger partial charge < -0.3 is 10.6 Å². The van der Waals surface area contributed by atoms with Gasteiger partial charge >= 0.3 is 0 Å². The van der Waals surface area contributed by atoms with Crippen molar-refractivity contribution in [2.24, 2.45) is 0 Å². The monoisotopic (exact) mass is 193 g/mol. The highest BCUT2D eigenvalue weighted by molar-refractivity contribution is 5.41. The van der Waals surface area contributed by atoms with Gasteiger partial charge in [0.1, 0.15) is 5.82 Å². The number of aromatic nitrogens is 1. The maximum atomic E-state index is 5.80. The lowest BCUT2D eigenvalue weighted by Crippen LogP contribution is -2.13. The quantitative estimate of drug-likeness (QED) is 0.796. The van der Waals surface area contributed by atoms with E-state index in [0.29, 0.717) is 11.7 Å². The summed E-state index contributed by atoms with van der Waals surface area (Å²) in [6.45, 7) is 5.17. The van der Waals surface area contributed by atoms with Gasteiger partial charge in [0.15, 0.2) is 0 Å². The molecule has 0 radical (unpaired) electrons. The summed E-state index contributed by atoms with van der Waals surface area (Å²) in [6.07, 6.45) is 1.86. The van der Waals surface area contributed by atoms with Crippen LogP contribution in [-0.4, -0.2) is 24.0 Å². The number of hydrogen-bond donors (Lipinski definition) is 1. The van der Waals surface area contributed by atoms with E-state index in [9.17, 15) is 0 Å². The lowest BCUT2D eigenvalue weighted by molar-refractivity contribution is 0.402. The van der Waals surface area contributed by atoms with Gasteiger partial charge in [-0.2, -0.15) is 0 Å². The predicted molar refractivity (Wildman–Crippen MR) is 60.1 cm³/mol. The third-order valence-corrected chi connectivity index (χ3v) is 2.18. The van der Waals surface area contributed by atoms with Crippen LogP contribution in [0.4, 0.5) is 5.82 Å². The number of rotatable bonds is 3. The summed E-state index contributed by atoms with van der Waals surface area (Å²) >= 11 is 0. The van der Waals surface area contributed by atoms with Crippen molar-refractivity contribution in [3.8, 4) is 0 Å². The number of nitrogens with two attached hydrogens (primary N) is 1. The summed E-state index contributed by atoms with van der Waals surface area (Å²) in [7, 11) is 4.06. The molecule has 1 heterocycles. The van der Waals surface area contributed by atoms with E-state index in [4.69, 9.17) is 5.73 Å². The van der Waals surface area contributed by atoms with Crippen molar-refractivity contribution in [1.82, 2.24) is 9.88 Å². The van der Waals surface area contributed by atoms with E-state index in [2.05, 4.69) is 29.8 Å². The van der Waals surface area contributed by atoms with Crippen LogP contribution in [-0.2, 0) is 6.54 Å². The van der Waals surface area contributed by atoms with Gasteiger partial charge in [-0.3, -0.25) is 0 Å². The Labute approximate surface area is 85.9 Å². The molecule has 0 aliphatic carbocycles. The average Bonchev–Trinajstić information content (AvgIpc) is 2.07. The van der Waals surface area contributed by atoms with Crippen LogP contribution in [0, 0.1) is 0 Å². The molecule has 78 valence electrons. The van der Waals surface area contributed by atoms with E-state index >= 15 is 0 Å². The van der Waals surface area contributed by atoms with Crippen LogP contribution in [0.15, 0.2) is 12.3 Å². The maximum Gasteiger partial charge on any atom is 0.127 e. The van der Waals surface area contributed by atoms with E-state index in [1.54, 1.807) is 0 Å². The normalized spacial score (nSPS) is 11.3. The molecule has 2 N–H and O–H groups in total. The molecule has 0 aromatic carbocycles. The SMILES string of the molecule is CC(C)c1cnc(N)c(CN(C)C)c1. The second kappa shape index (κ2) is 4.42. The second-order valence-corrected chi connectivity index (χ2v) is 4.21. The second-order valence-electron chi connectivity index (χ2n) is 4.21. The average molecular weight is 193 g/mol. The molecule has 0 fully saturated rings. The molecule has 0 saturated heterocycles. The van der Waals surface area contributed by atoms with Crippen LogP contribution >= 0.6 is 0 Å². The molecule has 1 aromatic rings. The fraction of sp³-hybridized carbons (Fsp3) is 0.545. The first-order valence-electron chi connectivity index (χ1n) is 4.89. The van der Waals surface area contributed by atoms with Crippen LogP contribution in [0.2, 0.25) is 0 Å². The molecule has 0 saturated carbocycles. The molecular weight excluding hydrogens is 174 g/mol. The standard InChI is InChI=1S/C11H19N3/c1-8(2)9-5-10(7-14(3)4)11(12)13-6-9/h5-6,8H,7H2,1-4H3,(H2,12,13).